The maximum Gasteiger partial charge on any atom is 0.333 e. The van der Waals surface area contributed by atoms with Gasteiger partial charge in [-0.15, -0.1) is 0 Å². The fourth-order valence-electron chi connectivity index (χ4n) is 3.36. The quantitative estimate of drug-likeness (QED) is 0.734. The number of alkyl halides is 2. The van der Waals surface area contributed by atoms with Crippen molar-refractivity contribution in [1.82, 2.24) is 9.78 Å². The minimum Gasteiger partial charge on any atom is -0.386 e. The largest absolute Gasteiger partial charge is 0.386 e. The third-order valence-corrected chi connectivity index (χ3v) is 8.47. The Bertz CT molecular complexity index is 1110. The van der Waals surface area contributed by atoms with Crippen LogP contribution in [0.25, 0.3) is 0 Å². The zero-order valence-electron chi connectivity index (χ0n) is 16.7. The van der Waals surface area contributed by atoms with E-state index >= 15 is 0 Å². The number of nitrogens with zero attached hydrogens (tertiary/aromatic N) is 3. The molecule has 0 fully saturated rings. The third-order valence-electron chi connectivity index (χ3n) is 5.45. The zero-order valence-corrected chi connectivity index (χ0v) is 18.2. The Morgan fingerprint density at radius 3 is 2.50 bits per heavy atom. The van der Waals surface area contributed by atoms with Crippen molar-refractivity contribution in [2.45, 2.75) is 50.4 Å². The predicted octanol–water partition coefficient (Wildman–Crippen LogP) is 3.64. The van der Waals surface area contributed by atoms with Gasteiger partial charge in [0.2, 0.25) is 0 Å². The summed E-state index contributed by atoms with van der Waals surface area (Å²) in [6, 6.07) is 4.29. The second-order valence-corrected chi connectivity index (χ2v) is 11.0. The molecule has 2 heterocycles. The van der Waals surface area contributed by atoms with E-state index in [9.17, 15) is 21.6 Å². The molecule has 1 atom stereocenters. The number of rotatable bonds is 5. The molecule has 0 bridgehead atoms. The predicted molar refractivity (Wildman–Crippen MR) is 109 cm³/mol. The van der Waals surface area contributed by atoms with Crippen LogP contribution in [0.4, 0.5) is 13.2 Å². The highest BCUT2D eigenvalue weighted by molar-refractivity contribution is 7.93. The SMILES string of the molecule is CC1(C)C(N)=N[C@](C)(c2cc(CCc3nn(C(F)F)cc3Cl)ccc2F)CS1(=O)=O. The molecule has 2 N–H and O–H groups in total. The molecule has 0 aliphatic carbocycles. The van der Waals surface area contributed by atoms with Crippen LogP contribution in [0.2, 0.25) is 5.02 Å². The Morgan fingerprint density at radius 1 is 1.27 bits per heavy atom. The fraction of sp³-hybridized carbons (Fsp3) is 0.474. The molecule has 1 aliphatic rings. The van der Waals surface area contributed by atoms with Crippen LogP contribution in [-0.2, 0) is 28.2 Å². The van der Waals surface area contributed by atoms with Crippen molar-refractivity contribution in [3.8, 4) is 0 Å². The summed E-state index contributed by atoms with van der Waals surface area (Å²) in [6.07, 6.45) is 1.63. The lowest BCUT2D eigenvalue weighted by molar-refractivity contribution is 0.0562. The number of aliphatic imine (C=N–C) groups is 1. The van der Waals surface area contributed by atoms with Gasteiger partial charge in [0.25, 0.3) is 0 Å². The van der Waals surface area contributed by atoms with Crippen molar-refractivity contribution < 1.29 is 21.6 Å². The van der Waals surface area contributed by atoms with E-state index in [0.717, 1.165) is 6.20 Å². The minimum atomic E-state index is -3.69. The lowest BCUT2D eigenvalue weighted by Gasteiger charge is -2.38. The van der Waals surface area contributed by atoms with E-state index in [4.69, 9.17) is 17.3 Å². The smallest absolute Gasteiger partial charge is 0.333 e. The fourth-order valence-corrected chi connectivity index (χ4v) is 5.28. The van der Waals surface area contributed by atoms with Crippen molar-refractivity contribution in [2.24, 2.45) is 10.7 Å². The lowest BCUT2D eigenvalue weighted by Crippen LogP contribution is -2.55. The molecule has 1 aliphatic heterocycles. The normalized spacial score (nSPS) is 22.9. The molecule has 0 radical (unpaired) electrons. The molecule has 164 valence electrons. The molecule has 0 amide bonds. The van der Waals surface area contributed by atoms with Crippen molar-refractivity contribution in [3.05, 3.63) is 52.1 Å². The first kappa shape index (κ1) is 22.6. The van der Waals surface area contributed by atoms with Crippen molar-refractivity contribution in [3.63, 3.8) is 0 Å². The summed E-state index contributed by atoms with van der Waals surface area (Å²) in [6.45, 7) is 1.66. The average molecular weight is 463 g/mol. The van der Waals surface area contributed by atoms with E-state index < -0.39 is 38.2 Å². The summed E-state index contributed by atoms with van der Waals surface area (Å²) in [5.74, 6) is -1.07. The van der Waals surface area contributed by atoms with E-state index in [2.05, 4.69) is 10.1 Å². The Labute approximate surface area is 177 Å². The number of halogens is 4. The van der Waals surface area contributed by atoms with Gasteiger partial charge in [-0.1, -0.05) is 23.7 Å². The van der Waals surface area contributed by atoms with Crippen LogP contribution in [0.5, 0.6) is 0 Å². The van der Waals surface area contributed by atoms with Gasteiger partial charge in [0.05, 0.1) is 16.5 Å². The molecule has 6 nitrogen and oxygen atoms in total. The standard InChI is InChI=1S/C19H22ClF3N4O2S/c1-18(2)16(24)25-19(3,10-30(18,28)29)12-8-11(4-6-14(12)21)5-7-15-13(20)9-27(26-15)17(22)23/h4,6,8-9,17H,5,7,10H2,1-3H3,(H2,24,25)/t19-/m0/s1. The molecule has 1 aromatic heterocycles. The average Bonchev–Trinajstić information content (AvgIpc) is 3.00. The number of benzene rings is 1. The van der Waals surface area contributed by atoms with Crippen molar-refractivity contribution in [2.75, 3.05) is 5.75 Å². The van der Waals surface area contributed by atoms with Crippen LogP contribution in [-0.4, -0.2) is 34.5 Å². The van der Waals surface area contributed by atoms with Gasteiger partial charge in [0.1, 0.15) is 21.9 Å². The summed E-state index contributed by atoms with van der Waals surface area (Å²) < 4.78 is 64.8. The molecule has 1 aromatic carbocycles. The van der Waals surface area contributed by atoms with Crippen molar-refractivity contribution in [1.29, 1.82) is 0 Å². The second-order valence-electron chi connectivity index (χ2n) is 8.04. The number of aryl methyl sites for hydroxylation is 2. The van der Waals surface area contributed by atoms with Crippen molar-refractivity contribution >= 4 is 27.3 Å². The Hall–Kier alpha value is -2.07. The van der Waals surface area contributed by atoms with E-state index in [0.29, 0.717) is 22.4 Å². The molecule has 2 aromatic rings. The Balaban J connectivity index is 1.92. The topological polar surface area (TPSA) is 90.3 Å². The maximum absolute atomic E-state index is 14.7. The zero-order chi connectivity index (χ0) is 22.5. The van der Waals surface area contributed by atoms with E-state index in [1.54, 1.807) is 0 Å². The molecule has 3 rings (SSSR count). The first-order chi connectivity index (χ1) is 13.8. The first-order valence-corrected chi connectivity index (χ1v) is 11.2. The highest BCUT2D eigenvalue weighted by Crippen LogP contribution is 2.38. The number of hydrogen-bond acceptors (Lipinski definition) is 5. The summed E-state index contributed by atoms with van der Waals surface area (Å²) in [5, 5.41) is 3.87. The Kier molecular flexibility index (Phi) is 5.70. The van der Waals surface area contributed by atoms with Gasteiger partial charge in [-0.2, -0.15) is 13.9 Å². The van der Waals surface area contributed by atoms with E-state index in [1.807, 2.05) is 0 Å². The van der Waals surface area contributed by atoms with E-state index in [-0.39, 0.29) is 22.8 Å². The number of sulfone groups is 1. The first-order valence-electron chi connectivity index (χ1n) is 9.15. The molecule has 0 saturated heterocycles. The van der Waals surface area contributed by atoms with Gasteiger partial charge in [-0.25, -0.2) is 17.5 Å². The summed E-state index contributed by atoms with van der Waals surface area (Å²) >= 11 is 5.95. The molecule has 11 heteroatoms. The number of aromatic nitrogens is 2. The monoisotopic (exact) mass is 462 g/mol. The van der Waals surface area contributed by atoms with E-state index in [1.165, 1.54) is 39.0 Å². The van der Waals surface area contributed by atoms with Crippen LogP contribution in [0, 0.1) is 5.82 Å². The second kappa shape index (κ2) is 7.56. The summed E-state index contributed by atoms with van der Waals surface area (Å²) in [4.78, 5) is 4.35. The van der Waals surface area contributed by atoms with Gasteiger partial charge in [-0.05, 0) is 45.2 Å². The lowest BCUT2D eigenvalue weighted by atomic mass is 9.91. The van der Waals surface area contributed by atoms with Gasteiger partial charge >= 0.3 is 6.55 Å². The van der Waals surface area contributed by atoms with Gasteiger partial charge in [0, 0.05) is 11.8 Å². The number of hydrogen-bond donors (Lipinski definition) is 1. The minimum absolute atomic E-state index is 0.0784. The van der Waals surface area contributed by atoms with Gasteiger partial charge in [-0.3, -0.25) is 4.99 Å². The molecule has 0 spiro atoms. The molecular weight excluding hydrogens is 441 g/mol. The highest BCUT2D eigenvalue weighted by Gasteiger charge is 2.49. The van der Waals surface area contributed by atoms with Gasteiger partial charge < -0.3 is 5.73 Å². The van der Waals surface area contributed by atoms with Crippen LogP contribution in [0.3, 0.4) is 0 Å². The highest BCUT2D eigenvalue weighted by atomic mass is 35.5. The number of amidine groups is 1. The van der Waals surface area contributed by atoms with Gasteiger partial charge in [0.15, 0.2) is 9.84 Å². The van der Waals surface area contributed by atoms with Crippen LogP contribution >= 0.6 is 11.6 Å². The molecule has 30 heavy (non-hydrogen) atoms. The summed E-state index contributed by atoms with van der Waals surface area (Å²) in [5.41, 5.74) is 5.60. The van der Waals surface area contributed by atoms with Crippen LogP contribution in [0.15, 0.2) is 29.4 Å². The third kappa shape index (κ3) is 3.94. The molecule has 0 saturated carbocycles. The van der Waals surface area contributed by atoms with Crippen LogP contribution < -0.4 is 5.73 Å². The molecule has 0 unspecified atom stereocenters. The Morgan fingerprint density at radius 2 is 1.93 bits per heavy atom. The summed E-state index contributed by atoms with van der Waals surface area (Å²) in [7, 11) is -3.69. The number of nitrogens with two attached hydrogens (primary N) is 1. The maximum atomic E-state index is 14.7. The molecular formula is C19H22ClF3N4O2S. The van der Waals surface area contributed by atoms with Crippen LogP contribution in [0.1, 0.15) is 44.1 Å².